The average molecular weight is 286 g/mol. The van der Waals surface area contributed by atoms with Crippen molar-refractivity contribution in [1.29, 1.82) is 0 Å². The van der Waals surface area contributed by atoms with Crippen molar-refractivity contribution in [1.82, 2.24) is 4.98 Å². The first kappa shape index (κ1) is 13.8. The molecule has 5 heteroatoms. The lowest BCUT2D eigenvalue weighted by Crippen LogP contribution is -2.18. The van der Waals surface area contributed by atoms with Crippen LogP contribution in [0.15, 0.2) is 24.3 Å². The maximum absolute atomic E-state index is 11.1. The molecule has 3 rings (SSSR count). The Morgan fingerprint density at radius 2 is 2.33 bits per heavy atom. The van der Waals surface area contributed by atoms with Gasteiger partial charge in [-0.2, -0.15) is 0 Å². The number of hydrogen-bond donors (Lipinski definition) is 2. The van der Waals surface area contributed by atoms with E-state index in [-0.39, 0.29) is 11.7 Å². The molecule has 1 atom stereocenters. The Hall–Kier alpha value is -2.14. The van der Waals surface area contributed by atoms with Crippen LogP contribution in [0.2, 0.25) is 0 Å². The summed E-state index contributed by atoms with van der Waals surface area (Å²) in [6.45, 7) is 3.51. The number of nitrogens with zero attached hydrogens (tertiary/aromatic N) is 1. The van der Waals surface area contributed by atoms with Crippen LogP contribution >= 0.6 is 0 Å². The van der Waals surface area contributed by atoms with Gasteiger partial charge in [-0.3, -0.25) is 4.98 Å². The topological polar surface area (TPSA) is 71.5 Å². The predicted octanol–water partition coefficient (Wildman–Crippen LogP) is 2.83. The standard InChI is InChI=1S/C16H18N2O3/c1-10-7-14(17-9-12-3-2-6-21-12)13-5-4-11(16(19)20)8-15(13)18-10/h4-5,7-8,12H,2-3,6,9H2,1H3,(H,17,18)(H,19,20). The molecule has 1 aromatic carbocycles. The summed E-state index contributed by atoms with van der Waals surface area (Å²) >= 11 is 0. The van der Waals surface area contributed by atoms with Gasteiger partial charge in [-0.1, -0.05) is 0 Å². The summed E-state index contributed by atoms with van der Waals surface area (Å²) < 4.78 is 5.61. The number of anilines is 1. The molecule has 21 heavy (non-hydrogen) atoms. The van der Waals surface area contributed by atoms with Gasteiger partial charge in [0, 0.05) is 29.9 Å². The number of aromatic carboxylic acids is 1. The van der Waals surface area contributed by atoms with E-state index in [0.717, 1.165) is 42.8 Å². The van der Waals surface area contributed by atoms with Gasteiger partial charge in [-0.25, -0.2) is 4.79 Å². The van der Waals surface area contributed by atoms with Crippen molar-refractivity contribution in [2.24, 2.45) is 0 Å². The van der Waals surface area contributed by atoms with Crippen molar-refractivity contribution in [3.8, 4) is 0 Å². The summed E-state index contributed by atoms with van der Waals surface area (Å²) in [4.78, 5) is 15.5. The van der Waals surface area contributed by atoms with E-state index in [2.05, 4.69) is 10.3 Å². The van der Waals surface area contributed by atoms with E-state index in [9.17, 15) is 4.79 Å². The minimum Gasteiger partial charge on any atom is -0.478 e. The van der Waals surface area contributed by atoms with Crippen molar-refractivity contribution in [3.05, 3.63) is 35.5 Å². The maximum atomic E-state index is 11.1. The summed E-state index contributed by atoms with van der Waals surface area (Å²) in [5.41, 5.74) is 2.79. The number of pyridine rings is 1. The number of hydrogen-bond acceptors (Lipinski definition) is 4. The molecule has 5 nitrogen and oxygen atoms in total. The van der Waals surface area contributed by atoms with E-state index in [4.69, 9.17) is 9.84 Å². The van der Waals surface area contributed by atoms with Gasteiger partial charge in [0.1, 0.15) is 0 Å². The number of aryl methyl sites for hydroxylation is 1. The normalized spacial score (nSPS) is 18.0. The zero-order chi connectivity index (χ0) is 14.8. The minimum absolute atomic E-state index is 0.255. The van der Waals surface area contributed by atoms with Crippen LogP contribution in [0.5, 0.6) is 0 Å². The van der Waals surface area contributed by atoms with Crippen molar-refractivity contribution < 1.29 is 14.6 Å². The summed E-state index contributed by atoms with van der Waals surface area (Å²) in [5.74, 6) is -0.936. The van der Waals surface area contributed by atoms with Gasteiger partial charge in [0.2, 0.25) is 0 Å². The van der Waals surface area contributed by atoms with Gasteiger partial charge in [-0.05, 0) is 44.0 Å². The first-order valence-electron chi connectivity index (χ1n) is 7.13. The maximum Gasteiger partial charge on any atom is 0.335 e. The molecule has 110 valence electrons. The molecule has 2 heterocycles. The van der Waals surface area contributed by atoms with Crippen LogP contribution in [0.3, 0.4) is 0 Å². The SMILES string of the molecule is Cc1cc(NCC2CCCO2)c2ccc(C(=O)O)cc2n1. The van der Waals surface area contributed by atoms with Gasteiger partial charge < -0.3 is 15.2 Å². The highest BCUT2D eigenvalue weighted by Crippen LogP contribution is 2.25. The van der Waals surface area contributed by atoms with Crippen LogP contribution in [-0.4, -0.2) is 35.3 Å². The molecular formula is C16H18N2O3. The first-order valence-corrected chi connectivity index (χ1v) is 7.13. The molecule has 0 bridgehead atoms. The quantitative estimate of drug-likeness (QED) is 0.904. The van der Waals surface area contributed by atoms with Crippen molar-refractivity contribution in [3.63, 3.8) is 0 Å². The lowest BCUT2D eigenvalue weighted by Gasteiger charge is -2.14. The van der Waals surface area contributed by atoms with Gasteiger partial charge in [0.15, 0.2) is 0 Å². The van der Waals surface area contributed by atoms with E-state index < -0.39 is 5.97 Å². The predicted molar refractivity (Wildman–Crippen MR) is 80.9 cm³/mol. The third-order valence-corrected chi connectivity index (χ3v) is 3.73. The second kappa shape index (κ2) is 5.69. The lowest BCUT2D eigenvalue weighted by molar-refractivity contribution is 0.0697. The number of fused-ring (bicyclic) bond motifs is 1. The van der Waals surface area contributed by atoms with E-state index >= 15 is 0 Å². The molecule has 2 N–H and O–H groups in total. The van der Waals surface area contributed by atoms with Crippen molar-refractivity contribution >= 4 is 22.6 Å². The minimum atomic E-state index is -0.936. The molecule has 1 fully saturated rings. The molecule has 1 saturated heterocycles. The van der Waals surface area contributed by atoms with Crippen molar-refractivity contribution in [2.75, 3.05) is 18.5 Å². The highest BCUT2D eigenvalue weighted by molar-refractivity contribution is 5.97. The van der Waals surface area contributed by atoms with Gasteiger partial charge >= 0.3 is 5.97 Å². The van der Waals surface area contributed by atoms with E-state index in [0.29, 0.717) is 5.52 Å². The van der Waals surface area contributed by atoms with Crippen molar-refractivity contribution in [2.45, 2.75) is 25.9 Å². The third-order valence-electron chi connectivity index (χ3n) is 3.73. The summed E-state index contributed by atoms with van der Waals surface area (Å²) in [5, 5.41) is 13.4. The monoisotopic (exact) mass is 286 g/mol. The molecule has 0 amide bonds. The molecule has 0 saturated carbocycles. The van der Waals surface area contributed by atoms with Crippen LogP contribution < -0.4 is 5.32 Å². The average Bonchev–Trinajstić information content (AvgIpc) is 2.97. The smallest absolute Gasteiger partial charge is 0.335 e. The summed E-state index contributed by atoms with van der Waals surface area (Å²) in [7, 11) is 0. The number of ether oxygens (including phenoxy) is 1. The van der Waals surface area contributed by atoms with E-state index in [1.54, 1.807) is 12.1 Å². The Kier molecular flexibility index (Phi) is 3.75. The van der Waals surface area contributed by atoms with Crippen LogP contribution in [0.4, 0.5) is 5.69 Å². The number of nitrogens with one attached hydrogen (secondary N) is 1. The molecule has 2 aromatic rings. The first-order chi connectivity index (χ1) is 10.1. The molecule has 0 spiro atoms. The van der Waals surface area contributed by atoms with Crippen LogP contribution in [-0.2, 0) is 4.74 Å². The van der Waals surface area contributed by atoms with Gasteiger partial charge in [0.05, 0.1) is 17.2 Å². The number of carboxylic acid groups (broad SMARTS) is 1. The van der Waals surface area contributed by atoms with E-state index in [1.165, 1.54) is 0 Å². The fourth-order valence-corrected chi connectivity index (χ4v) is 2.67. The van der Waals surface area contributed by atoms with Crippen LogP contribution in [0.1, 0.15) is 28.9 Å². The Bertz CT molecular complexity index is 679. The fourth-order valence-electron chi connectivity index (χ4n) is 2.67. The third kappa shape index (κ3) is 2.97. The molecule has 0 radical (unpaired) electrons. The zero-order valence-electron chi connectivity index (χ0n) is 11.9. The van der Waals surface area contributed by atoms with Gasteiger partial charge in [0.25, 0.3) is 0 Å². The second-order valence-corrected chi connectivity index (χ2v) is 5.36. The highest BCUT2D eigenvalue weighted by Gasteiger charge is 2.16. The lowest BCUT2D eigenvalue weighted by atomic mass is 10.1. The summed E-state index contributed by atoms with van der Waals surface area (Å²) in [6, 6.07) is 7.02. The highest BCUT2D eigenvalue weighted by atomic mass is 16.5. The Labute approximate surface area is 123 Å². The number of rotatable bonds is 4. The van der Waals surface area contributed by atoms with Crippen LogP contribution in [0, 0.1) is 6.92 Å². The number of benzene rings is 1. The number of aromatic nitrogens is 1. The molecular weight excluding hydrogens is 268 g/mol. The van der Waals surface area contributed by atoms with Gasteiger partial charge in [-0.15, -0.1) is 0 Å². The van der Waals surface area contributed by atoms with Crippen LogP contribution in [0.25, 0.3) is 10.9 Å². The molecule has 1 aliphatic heterocycles. The number of carboxylic acids is 1. The molecule has 1 aliphatic rings. The second-order valence-electron chi connectivity index (χ2n) is 5.36. The zero-order valence-corrected chi connectivity index (χ0v) is 11.9. The Morgan fingerprint density at radius 1 is 1.48 bits per heavy atom. The Morgan fingerprint density at radius 3 is 3.05 bits per heavy atom. The summed E-state index contributed by atoms with van der Waals surface area (Å²) in [6.07, 6.45) is 2.45. The molecule has 1 aromatic heterocycles. The largest absolute Gasteiger partial charge is 0.478 e. The fraction of sp³-hybridized carbons (Fsp3) is 0.375. The van der Waals surface area contributed by atoms with E-state index in [1.807, 2.05) is 19.1 Å². The molecule has 1 unspecified atom stereocenters. The molecule has 0 aliphatic carbocycles. The number of carbonyl (C=O) groups is 1. The Balaban J connectivity index is 1.91.